The third kappa shape index (κ3) is 3.35. The number of fused-ring (bicyclic) bond motifs is 1. The molecule has 0 aliphatic heterocycles. The topological polar surface area (TPSA) is 38.0 Å². The van der Waals surface area contributed by atoms with Crippen LogP contribution in [0.3, 0.4) is 0 Å². The van der Waals surface area contributed by atoms with Gasteiger partial charge in [0.2, 0.25) is 0 Å². The van der Waals surface area contributed by atoms with Gasteiger partial charge in [0.25, 0.3) is 0 Å². The average molecular weight is 260 g/mol. The van der Waals surface area contributed by atoms with E-state index in [4.69, 9.17) is 0 Å². The molecular weight excluding hydrogens is 236 g/mol. The highest BCUT2D eigenvalue weighted by Gasteiger charge is 2.12. The molecule has 0 aliphatic rings. The fourth-order valence-corrected chi connectivity index (χ4v) is 2.59. The minimum absolute atomic E-state index is 0.217. The monoisotopic (exact) mass is 260 g/mol. The first-order chi connectivity index (χ1) is 9.11. The summed E-state index contributed by atoms with van der Waals surface area (Å²) in [6.07, 6.45) is 2.29. The Kier molecular flexibility index (Phi) is 4.59. The van der Waals surface area contributed by atoms with Gasteiger partial charge in [-0.2, -0.15) is 5.10 Å². The van der Waals surface area contributed by atoms with Crippen molar-refractivity contribution in [1.29, 1.82) is 0 Å². The van der Waals surface area contributed by atoms with Gasteiger partial charge in [-0.15, -0.1) is 0 Å². The maximum Gasteiger partial charge on any atom is 0.0704 e. The molecule has 0 amide bonds. The largest absolute Gasteiger partial charge is 0.393 e. The fourth-order valence-electron chi connectivity index (χ4n) is 2.59. The van der Waals surface area contributed by atoms with E-state index in [2.05, 4.69) is 44.1 Å². The van der Waals surface area contributed by atoms with Gasteiger partial charge in [-0.3, -0.25) is 4.68 Å². The zero-order valence-electron chi connectivity index (χ0n) is 12.1. The molecule has 0 bridgehead atoms. The van der Waals surface area contributed by atoms with E-state index >= 15 is 0 Å². The van der Waals surface area contributed by atoms with Crippen LogP contribution in [-0.4, -0.2) is 21.0 Å². The maximum atomic E-state index is 9.98. The summed E-state index contributed by atoms with van der Waals surface area (Å²) in [5.41, 5.74) is 2.30. The number of rotatable bonds is 6. The van der Waals surface area contributed by atoms with Crippen molar-refractivity contribution >= 4 is 10.9 Å². The molecule has 1 atom stereocenters. The predicted octanol–water partition coefficient (Wildman–Crippen LogP) is 3.40. The third-order valence-corrected chi connectivity index (χ3v) is 3.49. The number of para-hydroxylation sites is 1. The van der Waals surface area contributed by atoms with Crippen LogP contribution in [-0.2, 0) is 13.0 Å². The van der Waals surface area contributed by atoms with Gasteiger partial charge in [0.1, 0.15) is 0 Å². The number of aromatic nitrogens is 2. The second-order valence-electron chi connectivity index (χ2n) is 5.60. The SMILES string of the molecule is CCn1nc(CCC(O)CC(C)C)c2ccccc21. The van der Waals surface area contributed by atoms with Gasteiger partial charge < -0.3 is 5.11 Å². The highest BCUT2D eigenvalue weighted by molar-refractivity contribution is 5.81. The van der Waals surface area contributed by atoms with Gasteiger partial charge in [0.05, 0.1) is 17.3 Å². The maximum absolute atomic E-state index is 9.98. The Hall–Kier alpha value is -1.35. The molecule has 104 valence electrons. The van der Waals surface area contributed by atoms with Crippen LogP contribution in [0.1, 0.15) is 39.3 Å². The zero-order chi connectivity index (χ0) is 13.8. The van der Waals surface area contributed by atoms with E-state index in [1.54, 1.807) is 0 Å². The Labute approximate surface area is 115 Å². The standard InChI is InChI=1S/C16H24N2O/c1-4-18-16-8-6-5-7-14(16)15(17-18)10-9-13(19)11-12(2)3/h5-8,12-13,19H,4,9-11H2,1-3H3. The molecule has 1 aromatic carbocycles. The number of aliphatic hydroxyl groups excluding tert-OH is 1. The van der Waals surface area contributed by atoms with Crippen LogP contribution in [0.25, 0.3) is 10.9 Å². The van der Waals surface area contributed by atoms with Crippen LogP contribution >= 0.6 is 0 Å². The van der Waals surface area contributed by atoms with Crippen molar-refractivity contribution in [1.82, 2.24) is 9.78 Å². The van der Waals surface area contributed by atoms with E-state index in [1.807, 2.05) is 10.7 Å². The Morgan fingerprint density at radius 1 is 1.26 bits per heavy atom. The fraction of sp³-hybridized carbons (Fsp3) is 0.562. The number of hydrogen-bond acceptors (Lipinski definition) is 2. The van der Waals surface area contributed by atoms with Crippen molar-refractivity contribution in [3.05, 3.63) is 30.0 Å². The average Bonchev–Trinajstić information content (AvgIpc) is 2.74. The van der Waals surface area contributed by atoms with E-state index in [9.17, 15) is 5.11 Å². The molecule has 3 heteroatoms. The van der Waals surface area contributed by atoms with E-state index in [0.29, 0.717) is 5.92 Å². The number of benzene rings is 1. The Morgan fingerprint density at radius 3 is 2.68 bits per heavy atom. The third-order valence-electron chi connectivity index (χ3n) is 3.49. The Bertz CT molecular complexity index is 531. The van der Waals surface area contributed by atoms with Crippen LogP contribution < -0.4 is 0 Å². The van der Waals surface area contributed by atoms with Gasteiger partial charge in [-0.25, -0.2) is 0 Å². The van der Waals surface area contributed by atoms with Crippen molar-refractivity contribution in [3.8, 4) is 0 Å². The van der Waals surface area contributed by atoms with Crippen molar-refractivity contribution in [2.75, 3.05) is 0 Å². The molecule has 3 nitrogen and oxygen atoms in total. The second kappa shape index (κ2) is 6.20. The first-order valence-electron chi connectivity index (χ1n) is 7.24. The lowest BCUT2D eigenvalue weighted by Crippen LogP contribution is -2.11. The van der Waals surface area contributed by atoms with Crippen LogP contribution in [0.5, 0.6) is 0 Å². The summed E-state index contributed by atoms with van der Waals surface area (Å²) in [7, 11) is 0. The predicted molar refractivity (Wildman–Crippen MR) is 79.2 cm³/mol. The molecule has 2 aromatic rings. The van der Waals surface area contributed by atoms with Gasteiger partial charge >= 0.3 is 0 Å². The van der Waals surface area contributed by atoms with E-state index < -0.39 is 0 Å². The minimum Gasteiger partial charge on any atom is -0.393 e. The lowest BCUT2D eigenvalue weighted by molar-refractivity contribution is 0.139. The zero-order valence-corrected chi connectivity index (χ0v) is 12.1. The highest BCUT2D eigenvalue weighted by Crippen LogP contribution is 2.20. The minimum atomic E-state index is -0.217. The van der Waals surface area contributed by atoms with Crippen molar-refractivity contribution in [2.24, 2.45) is 5.92 Å². The number of hydrogen-bond donors (Lipinski definition) is 1. The van der Waals surface area contributed by atoms with Crippen molar-refractivity contribution in [3.63, 3.8) is 0 Å². The first-order valence-corrected chi connectivity index (χ1v) is 7.24. The summed E-state index contributed by atoms with van der Waals surface area (Å²) in [4.78, 5) is 0. The van der Waals surface area contributed by atoms with Crippen molar-refractivity contribution < 1.29 is 5.11 Å². The van der Waals surface area contributed by atoms with E-state index in [-0.39, 0.29) is 6.10 Å². The molecular formula is C16H24N2O. The second-order valence-corrected chi connectivity index (χ2v) is 5.60. The summed E-state index contributed by atoms with van der Waals surface area (Å²) in [5.74, 6) is 0.542. The summed E-state index contributed by atoms with van der Waals surface area (Å²) in [6.45, 7) is 7.28. The number of aliphatic hydroxyl groups is 1. The summed E-state index contributed by atoms with van der Waals surface area (Å²) >= 11 is 0. The molecule has 1 aromatic heterocycles. The van der Waals surface area contributed by atoms with Crippen LogP contribution in [0.15, 0.2) is 24.3 Å². The lowest BCUT2D eigenvalue weighted by Gasteiger charge is -2.11. The smallest absolute Gasteiger partial charge is 0.0704 e. The highest BCUT2D eigenvalue weighted by atomic mass is 16.3. The quantitative estimate of drug-likeness (QED) is 0.864. The molecule has 19 heavy (non-hydrogen) atoms. The summed E-state index contributed by atoms with van der Waals surface area (Å²) < 4.78 is 2.04. The van der Waals surface area contributed by atoms with E-state index in [1.165, 1.54) is 10.9 Å². The molecule has 0 fully saturated rings. The van der Waals surface area contributed by atoms with Crippen molar-refractivity contribution in [2.45, 2.75) is 52.7 Å². The first kappa shape index (κ1) is 14.1. The molecule has 0 spiro atoms. The molecule has 2 rings (SSSR count). The molecule has 0 radical (unpaired) electrons. The van der Waals surface area contributed by atoms with Crippen LogP contribution in [0.2, 0.25) is 0 Å². The van der Waals surface area contributed by atoms with Gasteiger partial charge in [-0.05, 0) is 38.2 Å². The molecule has 0 saturated carbocycles. The summed E-state index contributed by atoms with van der Waals surface area (Å²) in [5, 5.41) is 15.9. The van der Waals surface area contributed by atoms with Gasteiger partial charge in [0.15, 0.2) is 0 Å². The molecule has 1 unspecified atom stereocenters. The molecule has 0 aliphatic carbocycles. The number of aryl methyl sites for hydroxylation is 2. The molecule has 1 heterocycles. The van der Waals surface area contributed by atoms with Gasteiger partial charge in [-0.1, -0.05) is 32.0 Å². The molecule has 0 saturated heterocycles. The Morgan fingerprint density at radius 2 is 2.00 bits per heavy atom. The van der Waals surface area contributed by atoms with Crippen LogP contribution in [0, 0.1) is 5.92 Å². The summed E-state index contributed by atoms with van der Waals surface area (Å²) in [6, 6.07) is 8.34. The number of nitrogens with zero attached hydrogens (tertiary/aromatic N) is 2. The van der Waals surface area contributed by atoms with Crippen LogP contribution in [0.4, 0.5) is 0 Å². The Balaban J connectivity index is 2.12. The molecule has 1 N–H and O–H groups in total. The van der Waals surface area contributed by atoms with E-state index in [0.717, 1.165) is 31.5 Å². The lowest BCUT2D eigenvalue weighted by atomic mass is 10.0. The normalized spacial score (nSPS) is 13.3. The van der Waals surface area contributed by atoms with Gasteiger partial charge in [0, 0.05) is 11.9 Å².